The lowest BCUT2D eigenvalue weighted by Gasteiger charge is -2.27. The Morgan fingerprint density at radius 1 is 1.00 bits per heavy atom. The van der Waals surface area contributed by atoms with E-state index in [1.807, 2.05) is 60.7 Å². The van der Waals surface area contributed by atoms with Gasteiger partial charge in [-0.15, -0.1) is 10.2 Å². The number of ether oxygens (including phenoxy) is 1. The zero-order valence-corrected chi connectivity index (χ0v) is 20.5. The standard InChI is InChI=1S/C28H24N4O3S/c1-2-17-11-13-19(14-12-17)32-16-18(15-24(32)33)27-30-31-28(36-27)29-26(34)25-20-7-3-5-9-22(20)35-23-10-6-4-8-21(23)25/h3-14,18,25H,2,15-16H2,1H3,(H,29,31,34). The first kappa shape index (κ1) is 22.4. The second kappa shape index (κ2) is 9.20. The molecule has 3 heterocycles. The van der Waals surface area contributed by atoms with Crippen LogP contribution in [0.2, 0.25) is 0 Å². The molecule has 0 spiro atoms. The molecule has 36 heavy (non-hydrogen) atoms. The van der Waals surface area contributed by atoms with Gasteiger partial charge in [0, 0.05) is 35.7 Å². The van der Waals surface area contributed by atoms with Gasteiger partial charge >= 0.3 is 0 Å². The Bertz CT molecular complexity index is 1400. The summed E-state index contributed by atoms with van der Waals surface area (Å²) >= 11 is 1.33. The van der Waals surface area contributed by atoms with Crippen LogP contribution in [0.25, 0.3) is 0 Å². The molecule has 3 aromatic carbocycles. The summed E-state index contributed by atoms with van der Waals surface area (Å²) in [6.07, 6.45) is 1.33. The third-order valence-corrected chi connectivity index (χ3v) is 7.74. The van der Waals surface area contributed by atoms with Crippen molar-refractivity contribution < 1.29 is 14.3 Å². The van der Waals surface area contributed by atoms with Crippen molar-refractivity contribution >= 4 is 34.0 Å². The van der Waals surface area contributed by atoms with Crippen molar-refractivity contribution in [1.29, 1.82) is 0 Å². The monoisotopic (exact) mass is 496 g/mol. The minimum atomic E-state index is -0.520. The second-order valence-corrected chi connectivity index (χ2v) is 9.98. The number of amides is 2. The first-order valence-corrected chi connectivity index (χ1v) is 12.8. The zero-order valence-electron chi connectivity index (χ0n) is 19.7. The number of carbonyl (C=O) groups is 2. The van der Waals surface area contributed by atoms with Crippen LogP contribution in [0.4, 0.5) is 10.8 Å². The summed E-state index contributed by atoms with van der Waals surface area (Å²) in [4.78, 5) is 28.0. The van der Waals surface area contributed by atoms with Crippen molar-refractivity contribution in [1.82, 2.24) is 10.2 Å². The number of rotatable bonds is 5. The molecular formula is C28H24N4O3S. The molecule has 0 saturated carbocycles. The number of nitrogens with zero attached hydrogens (tertiary/aromatic N) is 3. The maximum atomic E-state index is 13.5. The molecule has 7 nitrogen and oxygen atoms in total. The quantitative estimate of drug-likeness (QED) is 0.395. The first-order chi connectivity index (χ1) is 17.6. The van der Waals surface area contributed by atoms with E-state index in [0.29, 0.717) is 29.6 Å². The van der Waals surface area contributed by atoms with E-state index in [9.17, 15) is 9.59 Å². The normalized spacial score (nSPS) is 16.9. The van der Waals surface area contributed by atoms with E-state index in [2.05, 4.69) is 34.6 Å². The molecule has 0 bridgehead atoms. The van der Waals surface area contributed by atoms with Crippen LogP contribution in [-0.4, -0.2) is 28.6 Å². The van der Waals surface area contributed by atoms with E-state index in [0.717, 1.165) is 28.2 Å². The van der Waals surface area contributed by atoms with E-state index in [1.54, 1.807) is 4.90 Å². The third kappa shape index (κ3) is 4.03. The van der Waals surface area contributed by atoms with Crippen molar-refractivity contribution in [2.24, 2.45) is 0 Å². The van der Waals surface area contributed by atoms with Gasteiger partial charge in [0.25, 0.3) is 0 Å². The smallest absolute Gasteiger partial charge is 0.238 e. The van der Waals surface area contributed by atoms with Crippen LogP contribution >= 0.6 is 11.3 Å². The van der Waals surface area contributed by atoms with Crippen LogP contribution in [0.3, 0.4) is 0 Å². The van der Waals surface area contributed by atoms with Gasteiger partial charge in [0.1, 0.15) is 16.5 Å². The molecule has 1 atom stereocenters. The van der Waals surface area contributed by atoms with Crippen molar-refractivity contribution in [3.63, 3.8) is 0 Å². The van der Waals surface area contributed by atoms with Gasteiger partial charge in [-0.3, -0.25) is 14.9 Å². The van der Waals surface area contributed by atoms with Gasteiger partial charge in [0.05, 0.1) is 5.92 Å². The van der Waals surface area contributed by atoms with Gasteiger partial charge in [-0.2, -0.15) is 0 Å². The third-order valence-electron chi connectivity index (χ3n) is 6.74. The molecule has 4 aromatic rings. The Kier molecular flexibility index (Phi) is 5.73. The first-order valence-electron chi connectivity index (χ1n) is 12.0. The van der Waals surface area contributed by atoms with Crippen LogP contribution in [-0.2, 0) is 16.0 Å². The minimum Gasteiger partial charge on any atom is -0.457 e. The summed E-state index contributed by atoms with van der Waals surface area (Å²) in [5.74, 6) is 0.641. The van der Waals surface area contributed by atoms with Crippen molar-refractivity contribution in [3.8, 4) is 11.5 Å². The number of para-hydroxylation sites is 2. The van der Waals surface area contributed by atoms with Gasteiger partial charge in [-0.05, 0) is 36.2 Å². The highest BCUT2D eigenvalue weighted by Crippen LogP contribution is 2.44. The summed E-state index contributed by atoms with van der Waals surface area (Å²) < 4.78 is 6.01. The predicted molar refractivity (Wildman–Crippen MR) is 139 cm³/mol. The fourth-order valence-corrected chi connectivity index (χ4v) is 5.69. The molecule has 1 N–H and O–H groups in total. The summed E-state index contributed by atoms with van der Waals surface area (Å²) in [5.41, 5.74) is 3.75. The molecule has 2 amide bonds. The highest BCUT2D eigenvalue weighted by molar-refractivity contribution is 7.15. The maximum Gasteiger partial charge on any atom is 0.238 e. The Hall–Kier alpha value is -4.04. The fourth-order valence-electron chi connectivity index (χ4n) is 4.85. The van der Waals surface area contributed by atoms with Crippen molar-refractivity contribution in [2.45, 2.75) is 31.6 Å². The number of hydrogen-bond donors (Lipinski definition) is 1. The lowest BCUT2D eigenvalue weighted by Crippen LogP contribution is -2.25. The Balaban J connectivity index is 1.20. The molecule has 180 valence electrons. The number of anilines is 2. The Morgan fingerprint density at radius 2 is 1.67 bits per heavy atom. The summed E-state index contributed by atoms with van der Waals surface area (Å²) in [7, 11) is 0. The van der Waals surface area contributed by atoms with Gasteiger partial charge in [0.2, 0.25) is 16.9 Å². The average Bonchev–Trinajstić information content (AvgIpc) is 3.53. The lowest BCUT2D eigenvalue weighted by atomic mass is 9.87. The number of carbonyl (C=O) groups excluding carboxylic acids is 2. The van der Waals surface area contributed by atoms with Crippen LogP contribution in [0.15, 0.2) is 72.8 Å². The van der Waals surface area contributed by atoms with Gasteiger partial charge < -0.3 is 9.64 Å². The van der Waals surface area contributed by atoms with Crippen LogP contribution < -0.4 is 15.0 Å². The molecule has 0 radical (unpaired) electrons. The zero-order chi connectivity index (χ0) is 24.6. The van der Waals surface area contributed by atoms with Gasteiger partial charge in [0.15, 0.2) is 0 Å². The average molecular weight is 497 g/mol. The van der Waals surface area contributed by atoms with Crippen LogP contribution in [0.1, 0.15) is 46.9 Å². The highest BCUT2D eigenvalue weighted by Gasteiger charge is 2.35. The molecule has 8 heteroatoms. The van der Waals surface area contributed by atoms with E-state index in [-0.39, 0.29) is 17.7 Å². The van der Waals surface area contributed by atoms with Crippen molar-refractivity contribution in [3.05, 3.63) is 94.5 Å². The summed E-state index contributed by atoms with van der Waals surface area (Å²) in [6.45, 7) is 2.66. The number of nitrogens with one attached hydrogen (secondary N) is 1. The largest absolute Gasteiger partial charge is 0.457 e. The summed E-state index contributed by atoms with van der Waals surface area (Å²) in [5, 5.41) is 12.7. The molecule has 1 saturated heterocycles. The van der Waals surface area contributed by atoms with Gasteiger partial charge in [-0.1, -0.05) is 66.8 Å². The van der Waals surface area contributed by atoms with Crippen LogP contribution in [0, 0.1) is 0 Å². The molecule has 0 aliphatic carbocycles. The molecule has 2 aliphatic heterocycles. The minimum absolute atomic E-state index is 0.0592. The van der Waals surface area contributed by atoms with E-state index < -0.39 is 5.92 Å². The molecule has 1 aromatic heterocycles. The molecule has 1 fully saturated rings. The number of aromatic nitrogens is 2. The topological polar surface area (TPSA) is 84.4 Å². The van der Waals surface area contributed by atoms with Gasteiger partial charge in [-0.25, -0.2) is 0 Å². The molecule has 2 aliphatic rings. The maximum absolute atomic E-state index is 13.5. The van der Waals surface area contributed by atoms with E-state index in [1.165, 1.54) is 16.9 Å². The Morgan fingerprint density at radius 3 is 2.33 bits per heavy atom. The number of fused-ring (bicyclic) bond motifs is 2. The van der Waals surface area contributed by atoms with E-state index in [4.69, 9.17) is 4.74 Å². The summed E-state index contributed by atoms with van der Waals surface area (Å²) in [6, 6.07) is 23.2. The van der Waals surface area contributed by atoms with E-state index >= 15 is 0 Å². The number of benzene rings is 3. The highest BCUT2D eigenvalue weighted by atomic mass is 32.1. The number of hydrogen-bond acceptors (Lipinski definition) is 6. The lowest BCUT2D eigenvalue weighted by molar-refractivity contribution is -0.117. The molecular weight excluding hydrogens is 472 g/mol. The second-order valence-electron chi connectivity index (χ2n) is 8.97. The fraction of sp³-hybridized carbons (Fsp3) is 0.214. The Labute approximate surface area is 212 Å². The molecule has 6 rings (SSSR count). The number of aryl methyl sites for hydroxylation is 1. The van der Waals surface area contributed by atoms with Crippen LogP contribution in [0.5, 0.6) is 11.5 Å². The SMILES string of the molecule is CCc1ccc(N2CC(c3nnc(NC(=O)C4c5ccccc5Oc5ccccc54)s3)CC2=O)cc1. The molecule has 1 unspecified atom stereocenters. The predicted octanol–water partition coefficient (Wildman–Crippen LogP) is 5.50. The van der Waals surface area contributed by atoms with Crippen molar-refractivity contribution in [2.75, 3.05) is 16.8 Å².